The maximum atomic E-state index is 13.9. The molecule has 2 N–H and O–H groups in total. The third-order valence-electron chi connectivity index (χ3n) is 4.22. The van der Waals surface area contributed by atoms with Crippen molar-refractivity contribution in [3.8, 4) is 11.6 Å². The summed E-state index contributed by atoms with van der Waals surface area (Å²) in [5, 5.41) is 5.52. The van der Waals surface area contributed by atoms with Gasteiger partial charge < -0.3 is 24.8 Å². The molecule has 1 aliphatic carbocycles. The summed E-state index contributed by atoms with van der Waals surface area (Å²) in [5.74, 6) is -3.51. The zero-order valence-corrected chi connectivity index (χ0v) is 17.7. The van der Waals surface area contributed by atoms with E-state index >= 15 is 0 Å². The molecule has 0 bridgehead atoms. The number of methoxy groups -OCH3 is 1. The van der Waals surface area contributed by atoms with Crippen molar-refractivity contribution in [2.24, 2.45) is 0 Å². The van der Waals surface area contributed by atoms with E-state index in [1.807, 2.05) is 6.92 Å². The highest BCUT2D eigenvalue weighted by atomic mass is 19.3. The lowest BCUT2D eigenvalue weighted by Crippen LogP contribution is -2.17. The normalized spacial score (nSPS) is 14.6. The Balaban J connectivity index is 1.93. The first kappa shape index (κ1) is 22.6. The highest BCUT2D eigenvalue weighted by Gasteiger charge is 2.31. The topological polar surface area (TPSA) is 107 Å². The summed E-state index contributed by atoms with van der Waals surface area (Å²) in [7, 11) is 1.56. The van der Waals surface area contributed by atoms with Gasteiger partial charge >= 0.3 is 5.92 Å². The lowest BCUT2D eigenvalue weighted by molar-refractivity contribution is -0.114. The van der Waals surface area contributed by atoms with Crippen LogP contribution >= 0.6 is 0 Å². The molecule has 0 radical (unpaired) electrons. The fourth-order valence-electron chi connectivity index (χ4n) is 2.42. The summed E-state index contributed by atoms with van der Waals surface area (Å²) in [6, 6.07) is 2.95. The van der Waals surface area contributed by atoms with Crippen molar-refractivity contribution in [1.82, 2.24) is 15.0 Å². The number of anilines is 3. The van der Waals surface area contributed by atoms with E-state index in [1.54, 1.807) is 7.11 Å². The summed E-state index contributed by atoms with van der Waals surface area (Å²) in [5.41, 5.74) is 0.364. The average Bonchev–Trinajstić information content (AvgIpc) is 3.49. The molecular formula is C20H25F2N5O4. The summed E-state index contributed by atoms with van der Waals surface area (Å²) in [6.45, 7) is 4.12. The molecule has 1 atom stereocenters. The second-order valence-electron chi connectivity index (χ2n) is 7.35. The fourth-order valence-corrected chi connectivity index (χ4v) is 2.42. The number of pyridine rings is 1. The number of nitrogens with zero attached hydrogens (tertiary/aromatic N) is 3. The number of halogens is 2. The van der Waals surface area contributed by atoms with Crippen LogP contribution < -0.4 is 20.1 Å². The Morgan fingerprint density at radius 3 is 2.65 bits per heavy atom. The number of ether oxygens (including phenoxy) is 3. The average molecular weight is 437 g/mol. The van der Waals surface area contributed by atoms with E-state index in [9.17, 15) is 13.6 Å². The van der Waals surface area contributed by atoms with Crippen molar-refractivity contribution in [1.29, 1.82) is 0 Å². The van der Waals surface area contributed by atoms with E-state index in [0.29, 0.717) is 11.4 Å². The first-order valence-corrected chi connectivity index (χ1v) is 9.78. The number of rotatable bonds is 10. The van der Waals surface area contributed by atoms with Crippen LogP contribution in [0.5, 0.6) is 11.6 Å². The Hall–Kier alpha value is -3.08. The molecule has 2 heterocycles. The second-order valence-corrected chi connectivity index (χ2v) is 7.35. The van der Waals surface area contributed by atoms with E-state index in [1.165, 1.54) is 25.3 Å². The van der Waals surface area contributed by atoms with Crippen LogP contribution in [0.3, 0.4) is 0 Å². The third-order valence-corrected chi connectivity index (χ3v) is 4.22. The fraction of sp³-hybridized carbons (Fsp3) is 0.500. The Bertz CT molecular complexity index is 934. The van der Waals surface area contributed by atoms with Gasteiger partial charge in [-0.3, -0.25) is 4.79 Å². The van der Waals surface area contributed by atoms with Crippen molar-refractivity contribution in [3.05, 3.63) is 24.2 Å². The van der Waals surface area contributed by atoms with E-state index in [0.717, 1.165) is 19.8 Å². The molecule has 1 fully saturated rings. The molecule has 0 aliphatic heterocycles. The monoisotopic (exact) mass is 437 g/mol. The Kier molecular flexibility index (Phi) is 6.84. The van der Waals surface area contributed by atoms with E-state index < -0.39 is 11.7 Å². The predicted molar refractivity (Wildman–Crippen MR) is 109 cm³/mol. The number of aromatic nitrogens is 3. The van der Waals surface area contributed by atoms with Gasteiger partial charge in [-0.1, -0.05) is 0 Å². The van der Waals surface area contributed by atoms with Crippen molar-refractivity contribution in [2.45, 2.75) is 51.7 Å². The van der Waals surface area contributed by atoms with Gasteiger partial charge in [-0.05, 0) is 19.8 Å². The van der Waals surface area contributed by atoms with E-state index in [2.05, 4.69) is 25.6 Å². The number of hydrogen-bond donors (Lipinski definition) is 2. The Morgan fingerprint density at radius 2 is 2.03 bits per heavy atom. The van der Waals surface area contributed by atoms with Gasteiger partial charge in [-0.15, -0.1) is 0 Å². The van der Waals surface area contributed by atoms with Crippen LogP contribution in [0.4, 0.5) is 26.1 Å². The zero-order valence-electron chi connectivity index (χ0n) is 17.7. The van der Waals surface area contributed by atoms with Crippen molar-refractivity contribution < 1.29 is 27.8 Å². The number of nitrogens with one attached hydrogen (secondary N) is 2. The van der Waals surface area contributed by atoms with Gasteiger partial charge in [0, 0.05) is 33.1 Å². The van der Waals surface area contributed by atoms with E-state index in [4.69, 9.17) is 14.2 Å². The first-order valence-electron chi connectivity index (χ1n) is 9.78. The molecule has 168 valence electrons. The minimum absolute atomic E-state index is 0.0252. The summed E-state index contributed by atoms with van der Waals surface area (Å²) >= 11 is 0. The smallest absolute Gasteiger partial charge is 0.304 e. The molecule has 0 unspecified atom stereocenters. The molecule has 3 rings (SSSR count). The molecular weight excluding hydrogens is 412 g/mol. The van der Waals surface area contributed by atoms with Crippen LogP contribution in [-0.2, 0) is 15.5 Å². The van der Waals surface area contributed by atoms with Gasteiger partial charge in [0.1, 0.15) is 24.3 Å². The number of hydrogen-bond acceptors (Lipinski definition) is 8. The Labute approximate surface area is 178 Å². The second kappa shape index (κ2) is 9.38. The number of amides is 1. The largest absolute Gasteiger partial charge is 0.487 e. The molecule has 9 nitrogen and oxygen atoms in total. The van der Waals surface area contributed by atoms with Crippen LogP contribution in [0.15, 0.2) is 18.3 Å². The maximum Gasteiger partial charge on any atom is 0.304 e. The highest BCUT2D eigenvalue weighted by molar-refractivity contribution is 5.88. The van der Waals surface area contributed by atoms with Crippen LogP contribution in [0, 0.1) is 0 Å². The highest BCUT2D eigenvalue weighted by Crippen LogP contribution is 2.33. The molecule has 2 aromatic rings. The van der Waals surface area contributed by atoms with Crippen molar-refractivity contribution >= 4 is 23.2 Å². The molecule has 2 aromatic heterocycles. The standard InChI is InChI=1S/C20H25F2N5O4/c1-11(29-4)10-30-15-9-23-16(24-12(2)28)7-14(15)25-17-8-18(31-13-5-6-13)27-19(26-17)20(3,21)22/h7-9,11,13H,5-6,10H2,1-4H3,(H2,23,24,25,26,27,28)/t11-/m0/s1. The molecule has 11 heteroatoms. The maximum absolute atomic E-state index is 13.9. The van der Waals surface area contributed by atoms with Crippen LogP contribution in [-0.4, -0.2) is 46.8 Å². The van der Waals surface area contributed by atoms with Gasteiger partial charge in [0.2, 0.25) is 17.6 Å². The van der Waals surface area contributed by atoms with E-state index in [-0.39, 0.29) is 42.2 Å². The molecule has 1 amide bonds. The zero-order chi connectivity index (χ0) is 22.6. The quantitative estimate of drug-likeness (QED) is 0.580. The van der Waals surface area contributed by atoms with Crippen molar-refractivity contribution in [3.63, 3.8) is 0 Å². The third kappa shape index (κ3) is 6.71. The minimum Gasteiger partial charge on any atom is -0.487 e. The molecule has 0 saturated heterocycles. The summed E-state index contributed by atoms with van der Waals surface area (Å²) in [6.07, 6.45) is 2.90. The van der Waals surface area contributed by atoms with Gasteiger partial charge in [-0.2, -0.15) is 13.8 Å². The lowest BCUT2D eigenvalue weighted by atomic mass is 10.3. The molecule has 1 aliphatic rings. The molecule has 1 saturated carbocycles. The van der Waals surface area contributed by atoms with Crippen LogP contribution in [0.25, 0.3) is 0 Å². The lowest BCUT2D eigenvalue weighted by Gasteiger charge is -2.17. The summed E-state index contributed by atoms with van der Waals surface area (Å²) in [4.78, 5) is 23.3. The van der Waals surface area contributed by atoms with Crippen molar-refractivity contribution in [2.75, 3.05) is 24.4 Å². The van der Waals surface area contributed by atoms with Gasteiger partial charge in [0.25, 0.3) is 0 Å². The number of alkyl halides is 2. The number of carbonyl (C=O) groups excluding carboxylic acids is 1. The number of carbonyl (C=O) groups is 1. The first-order chi connectivity index (χ1) is 14.6. The molecule has 0 aromatic carbocycles. The van der Waals surface area contributed by atoms with Crippen LogP contribution in [0.1, 0.15) is 39.4 Å². The molecule has 0 spiro atoms. The minimum atomic E-state index is -3.26. The Morgan fingerprint density at radius 1 is 1.29 bits per heavy atom. The van der Waals surface area contributed by atoms with Gasteiger partial charge in [0.05, 0.1) is 18.0 Å². The van der Waals surface area contributed by atoms with Crippen LogP contribution in [0.2, 0.25) is 0 Å². The van der Waals surface area contributed by atoms with Gasteiger partial charge in [0.15, 0.2) is 5.75 Å². The molecule has 31 heavy (non-hydrogen) atoms. The summed E-state index contributed by atoms with van der Waals surface area (Å²) < 4.78 is 44.4. The van der Waals surface area contributed by atoms with Gasteiger partial charge in [-0.25, -0.2) is 9.97 Å². The SMILES string of the molecule is CO[C@@H](C)COc1cnc(NC(C)=O)cc1Nc1cc(OC2CC2)nc(C(C)(F)F)n1. The predicted octanol–water partition coefficient (Wildman–Crippen LogP) is 3.64.